The van der Waals surface area contributed by atoms with Crippen LogP contribution in [-0.4, -0.2) is 25.1 Å². The van der Waals surface area contributed by atoms with Crippen LogP contribution in [0.2, 0.25) is 0 Å². The zero-order chi connectivity index (χ0) is 18.5. The van der Waals surface area contributed by atoms with Gasteiger partial charge in [0.15, 0.2) is 6.10 Å². The first kappa shape index (κ1) is 17.5. The highest BCUT2D eigenvalue weighted by atomic mass is 16.5. The van der Waals surface area contributed by atoms with Crippen molar-refractivity contribution >= 4 is 28.3 Å². The molecule has 0 aliphatic rings. The maximum atomic E-state index is 12.4. The minimum absolute atomic E-state index is 0.252. The average Bonchev–Trinajstić information content (AvgIpc) is 2.67. The Hall–Kier alpha value is -3.34. The topological polar surface area (TPSA) is 64.6 Å². The lowest BCUT2D eigenvalue weighted by molar-refractivity contribution is -0.122. The minimum atomic E-state index is -0.689. The van der Waals surface area contributed by atoms with Gasteiger partial charge in [-0.25, -0.2) is 4.79 Å². The lowest BCUT2D eigenvalue weighted by atomic mass is 10.1. The van der Waals surface area contributed by atoms with Gasteiger partial charge < -0.3 is 14.8 Å². The molecule has 0 saturated carbocycles. The number of hydrogen-bond acceptors (Lipinski definition) is 4. The van der Waals surface area contributed by atoms with E-state index in [9.17, 15) is 9.59 Å². The predicted octanol–water partition coefficient (Wildman–Crippen LogP) is 4.03. The van der Waals surface area contributed by atoms with E-state index in [1.807, 2.05) is 42.5 Å². The Kier molecular flexibility index (Phi) is 5.17. The molecule has 1 amide bonds. The molecule has 0 unspecified atom stereocenters. The Morgan fingerprint density at radius 3 is 2.31 bits per heavy atom. The molecule has 26 heavy (non-hydrogen) atoms. The predicted molar refractivity (Wildman–Crippen MR) is 100 cm³/mol. The van der Waals surface area contributed by atoms with Gasteiger partial charge in [0.1, 0.15) is 5.75 Å². The van der Waals surface area contributed by atoms with Crippen molar-refractivity contribution in [2.45, 2.75) is 13.0 Å². The number of methoxy groups -OCH3 is 1. The molecule has 3 aromatic rings. The Morgan fingerprint density at radius 1 is 0.923 bits per heavy atom. The fraction of sp³-hybridized carbons (Fsp3) is 0.143. The number of fused-ring (bicyclic) bond motifs is 1. The smallest absolute Gasteiger partial charge is 0.337 e. The van der Waals surface area contributed by atoms with Gasteiger partial charge >= 0.3 is 5.97 Å². The van der Waals surface area contributed by atoms with Crippen molar-refractivity contribution in [3.63, 3.8) is 0 Å². The number of hydrogen-bond donors (Lipinski definition) is 1. The Bertz CT molecular complexity index is 934. The van der Waals surface area contributed by atoms with E-state index >= 15 is 0 Å². The summed E-state index contributed by atoms with van der Waals surface area (Å²) < 4.78 is 10.3. The Balaban J connectivity index is 1.64. The second-order valence-corrected chi connectivity index (χ2v) is 5.83. The van der Waals surface area contributed by atoms with Crippen LogP contribution in [0.4, 0.5) is 5.69 Å². The van der Waals surface area contributed by atoms with E-state index in [4.69, 9.17) is 4.74 Å². The molecule has 0 radical (unpaired) electrons. The molecule has 3 aromatic carbocycles. The maximum absolute atomic E-state index is 12.4. The first-order valence-corrected chi connectivity index (χ1v) is 8.21. The van der Waals surface area contributed by atoms with Crippen molar-refractivity contribution in [2.24, 2.45) is 0 Å². The van der Waals surface area contributed by atoms with Gasteiger partial charge in [0, 0.05) is 5.69 Å². The van der Waals surface area contributed by atoms with Crippen LogP contribution in [0.1, 0.15) is 17.3 Å². The lowest BCUT2D eigenvalue weighted by Gasteiger charge is -2.15. The number of carbonyl (C=O) groups is 2. The highest BCUT2D eigenvalue weighted by Gasteiger charge is 2.15. The van der Waals surface area contributed by atoms with Gasteiger partial charge in [-0.15, -0.1) is 0 Å². The summed E-state index contributed by atoms with van der Waals surface area (Å²) >= 11 is 0. The summed E-state index contributed by atoms with van der Waals surface area (Å²) in [6, 6.07) is 20.1. The molecule has 0 fully saturated rings. The summed E-state index contributed by atoms with van der Waals surface area (Å²) in [5.74, 6) is -0.171. The average molecular weight is 349 g/mol. The number of benzene rings is 3. The molecule has 1 N–H and O–H groups in total. The van der Waals surface area contributed by atoms with Crippen LogP contribution in [0.5, 0.6) is 5.75 Å². The number of carbonyl (C=O) groups excluding carboxylic acids is 2. The third-order valence-corrected chi connectivity index (χ3v) is 3.97. The second kappa shape index (κ2) is 7.70. The normalized spacial score (nSPS) is 11.6. The van der Waals surface area contributed by atoms with Crippen LogP contribution in [0.15, 0.2) is 66.7 Å². The quantitative estimate of drug-likeness (QED) is 0.706. The van der Waals surface area contributed by atoms with Crippen molar-refractivity contribution in [1.29, 1.82) is 0 Å². The summed E-state index contributed by atoms with van der Waals surface area (Å²) in [4.78, 5) is 23.8. The van der Waals surface area contributed by atoms with E-state index in [1.165, 1.54) is 7.11 Å². The molecule has 3 rings (SSSR count). The monoisotopic (exact) mass is 349 g/mol. The number of amides is 1. The van der Waals surface area contributed by atoms with Gasteiger partial charge in [-0.3, -0.25) is 4.79 Å². The molecule has 1 atom stereocenters. The van der Waals surface area contributed by atoms with Crippen molar-refractivity contribution in [2.75, 3.05) is 12.4 Å². The first-order chi connectivity index (χ1) is 12.6. The van der Waals surface area contributed by atoms with Crippen LogP contribution >= 0.6 is 0 Å². The molecule has 5 heteroatoms. The van der Waals surface area contributed by atoms with Gasteiger partial charge in [0.25, 0.3) is 5.91 Å². The van der Waals surface area contributed by atoms with Crippen LogP contribution in [-0.2, 0) is 9.53 Å². The second-order valence-electron chi connectivity index (χ2n) is 5.83. The summed E-state index contributed by atoms with van der Waals surface area (Å²) in [6.07, 6.45) is -0.689. The summed E-state index contributed by atoms with van der Waals surface area (Å²) in [5, 5.41) is 5.02. The molecule has 0 aliphatic carbocycles. The molecule has 0 saturated heterocycles. The maximum Gasteiger partial charge on any atom is 0.337 e. The molecule has 0 heterocycles. The molecule has 5 nitrogen and oxygen atoms in total. The van der Waals surface area contributed by atoms with E-state index in [-0.39, 0.29) is 5.91 Å². The van der Waals surface area contributed by atoms with Gasteiger partial charge in [-0.2, -0.15) is 0 Å². The van der Waals surface area contributed by atoms with E-state index in [0.717, 1.165) is 10.8 Å². The van der Waals surface area contributed by atoms with Crippen LogP contribution in [0, 0.1) is 0 Å². The zero-order valence-corrected chi connectivity index (χ0v) is 14.6. The fourth-order valence-corrected chi connectivity index (χ4v) is 2.56. The standard InChI is InChI=1S/C21H19NO4/c1-14(26-19-11-8-16(9-12-19)21(24)25-2)20(23)22-18-10-7-15-5-3-4-6-17(15)13-18/h3-14H,1-2H3,(H,22,23)/t14-/m0/s1. The van der Waals surface area contributed by atoms with Crippen LogP contribution in [0.3, 0.4) is 0 Å². The van der Waals surface area contributed by atoms with Gasteiger partial charge in [0.2, 0.25) is 0 Å². The van der Waals surface area contributed by atoms with Crippen LogP contribution < -0.4 is 10.1 Å². The first-order valence-electron chi connectivity index (χ1n) is 8.21. The Labute approximate surface area is 151 Å². The van der Waals surface area contributed by atoms with Crippen LogP contribution in [0.25, 0.3) is 10.8 Å². The molecule has 0 bridgehead atoms. The molecular weight excluding hydrogens is 330 g/mol. The highest BCUT2D eigenvalue weighted by molar-refractivity contribution is 5.96. The Morgan fingerprint density at radius 2 is 1.62 bits per heavy atom. The third kappa shape index (κ3) is 4.00. The number of nitrogens with one attached hydrogen (secondary N) is 1. The van der Waals surface area contributed by atoms with Gasteiger partial charge in [0.05, 0.1) is 12.7 Å². The van der Waals surface area contributed by atoms with Gasteiger partial charge in [-0.1, -0.05) is 30.3 Å². The lowest BCUT2D eigenvalue weighted by Crippen LogP contribution is -2.30. The molecular formula is C21H19NO4. The zero-order valence-electron chi connectivity index (χ0n) is 14.6. The minimum Gasteiger partial charge on any atom is -0.481 e. The van der Waals surface area contributed by atoms with E-state index in [0.29, 0.717) is 17.0 Å². The number of esters is 1. The SMILES string of the molecule is COC(=O)c1ccc(O[C@@H](C)C(=O)Nc2ccc3ccccc3c2)cc1. The van der Waals surface area contributed by atoms with Crippen molar-refractivity contribution in [1.82, 2.24) is 0 Å². The summed E-state index contributed by atoms with van der Waals surface area (Å²) in [7, 11) is 1.33. The van der Waals surface area contributed by atoms with E-state index < -0.39 is 12.1 Å². The molecule has 0 aliphatic heterocycles. The third-order valence-electron chi connectivity index (χ3n) is 3.97. The molecule has 132 valence electrons. The van der Waals surface area contributed by atoms with Gasteiger partial charge in [-0.05, 0) is 54.1 Å². The molecule has 0 aromatic heterocycles. The fourth-order valence-electron chi connectivity index (χ4n) is 2.56. The largest absolute Gasteiger partial charge is 0.481 e. The number of ether oxygens (including phenoxy) is 2. The number of rotatable bonds is 5. The van der Waals surface area contributed by atoms with Crippen molar-refractivity contribution < 1.29 is 19.1 Å². The van der Waals surface area contributed by atoms with E-state index in [1.54, 1.807) is 31.2 Å². The number of anilines is 1. The van der Waals surface area contributed by atoms with Crippen molar-refractivity contribution in [3.05, 3.63) is 72.3 Å². The van der Waals surface area contributed by atoms with E-state index in [2.05, 4.69) is 10.1 Å². The molecule has 0 spiro atoms. The summed E-state index contributed by atoms with van der Waals surface area (Å²) in [5.41, 5.74) is 1.14. The highest BCUT2D eigenvalue weighted by Crippen LogP contribution is 2.20. The van der Waals surface area contributed by atoms with Crippen molar-refractivity contribution in [3.8, 4) is 5.75 Å². The summed E-state index contributed by atoms with van der Waals surface area (Å²) in [6.45, 7) is 1.67.